The molecule has 0 aromatic heterocycles. The van der Waals surface area contributed by atoms with Crippen molar-refractivity contribution in [3.63, 3.8) is 0 Å². The molecule has 2 N–H and O–H groups in total. The van der Waals surface area contributed by atoms with Gasteiger partial charge in [-0.3, -0.25) is 4.79 Å². The maximum absolute atomic E-state index is 11.8. The van der Waals surface area contributed by atoms with E-state index in [-0.39, 0.29) is 11.1 Å². The summed E-state index contributed by atoms with van der Waals surface area (Å²) in [7, 11) is 0. The van der Waals surface area contributed by atoms with Crippen molar-refractivity contribution in [1.82, 2.24) is 5.32 Å². The van der Waals surface area contributed by atoms with E-state index in [1.165, 1.54) is 0 Å². The maximum Gasteiger partial charge on any atom is 0.405 e. The summed E-state index contributed by atoms with van der Waals surface area (Å²) in [5.41, 5.74) is 1.94. The first kappa shape index (κ1) is 18.0. The van der Waals surface area contributed by atoms with Crippen molar-refractivity contribution in [3.8, 4) is 5.75 Å². The smallest absolute Gasteiger partial charge is 0.405 e. The fourth-order valence-electron chi connectivity index (χ4n) is 2.19. The third-order valence-corrected chi connectivity index (χ3v) is 3.98. The Bertz CT molecular complexity index is 673. The Kier molecular flexibility index (Phi) is 6.81. The number of Topliss-reactive ketones (excluding diaryl/α,β-unsaturated/α-hetero) is 1. The lowest BCUT2D eigenvalue weighted by Crippen LogP contribution is -2.42. The number of ether oxygens (including phenoxy) is 1. The molecular weight excluding hydrogens is 374 g/mol. The van der Waals surface area contributed by atoms with E-state index in [0.717, 1.165) is 16.9 Å². The summed E-state index contributed by atoms with van der Waals surface area (Å²) < 4.78 is 5.70. The van der Waals surface area contributed by atoms with Crippen molar-refractivity contribution in [2.75, 3.05) is 5.33 Å². The zero-order valence-electron chi connectivity index (χ0n) is 12.9. The van der Waals surface area contributed by atoms with Crippen LogP contribution in [0.2, 0.25) is 0 Å². The van der Waals surface area contributed by atoms with Crippen molar-refractivity contribution in [1.29, 1.82) is 0 Å². The molecule has 2 rings (SSSR count). The van der Waals surface area contributed by atoms with Gasteiger partial charge in [0.15, 0.2) is 5.78 Å². The van der Waals surface area contributed by atoms with Crippen LogP contribution in [0.25, 0.3) is 0 Å². The molecule has 0 heterocycles. The van der Waals surface area contributed by atoms with Gasteiger partial charge in [-0.05, 0) is 29.7 Å². The molecule has 0 saturated heterocycles. The Hall–Kier alpha value is -2.34. The summed E-state index contributed by atoms with van der Waals surface area (Å²) >= 11 is 3.07. The average Bonchev–Trinajstić information content (AvgIpc) is 2.60. The highest BCUT2D eigenvalue weighted by molar-refractivity contribution is 9.09. The molecular formula is C18H18BrNO4. The van der Waals surface area contributed by atoms with Gasteiger partial charge in [0.2, 0.25) is 0 Å². The molecule has 1 amide bonds. The zero-order valence-corrected chi connectivity index (χ0v) is 14.5. The average molecular weight is 392 g/mol. The predicted octanol–water partition coefficient (Wildman–Crippen LogP) is 3.41. The molecule has 5 nitrogen and oxygen atoms in total. The van der Waals surface area contributed by atoms with Gasteiger partial charge in [-0.15, -0.1) is 0 Å². The standard InChI is InChI=1S/C18H18BrNO4/c19-11-17(21)16(20-18(22)23)10-13-6-8-15(9-7-13)24-12-14-4-2-1-3-5-14/h1-9,16,20H,10-12H2,(H,22,23). The quantitative estimate of drug-likeness (QED) is 0.676. The lowest BCUT2D eigenvalue weighted by Gasteiger charge is -2.15. The summed E-state index contributed by atoms with van der Waals surface area (Å²) in [5.74, 6) is 0.513. The summed E-state index contributed by atoms with van der Waals surface area (Å²) in [4.78, 5) is 22.6. The number of carboxylic acid groups (broad SMARTS) is 1. The molecule has 1 unspecified atom stereocenters. The van der Waals surface area contributed by atoms with Gasteiger partial charge in [0.1, 0.15) is 12.4 Å². The summed E-state index contributed by atoms with van der Waals surface area (Å²) in [6.45, 7) is 0.478. The molecule has 1 atom stereocenters. The highest BCUT2D eigenvalue weighted by atomic mass is 79.9. The van der Waals surface area contributed by atoms with Gasteiger partial charge >= 0.3 is 6.09 Å². The second-order valence-electron chi connectivity index (χ2n) is 5.22. The first-order valence-corrected chi connectivity index (χ1v) is 8.54. The van der Waals surface area contributed by atoms with Crippen molar-refractivity contribution >= 4 is 27.8 Å². The van der Waals surface area contributed by atoms with E-state index in [1.807, 2.05) is 54.6 Å². The predicted molar refractivity (Wildman–Crippen MR) is 94.7 cm³/mol. The largest absolute Gasteiger partial charge is 0.489 e. The second kappa shape index (κ2) is 9.08. The number of alkyl halides is 1. The van der Waals surface area contributed by atoms with E-state index >= 15 is 0 Å². The van der Waals surface area contributed by atoms with Crippen LogP contribution in [0.1, 0.15) is 11.1 Å². The number of ketones is 1. The molecule has 126 valence electrons. The number of halogens is 1. The second-order valence-corrected chi connectivity index (χ2v) is 5.79. The molecule has 2 aromatic carbocycles. The van der Waals surface area contributed by atoms with Crippen LogP contribution in [0.3, 0.4) is 0 Å². The molecule has 0 saturated carbocycles. The van der Waals surface area contributed by atoms with Crippen LogP contribution < -0.4 is 10.1 Å². The summed E-state index contributed by atoms with van der Waals surface area (Å²) in [5, 5.41) is 11.2. The number of benzene rings is 2. The number of rotatable bonds is 8. The number of carbonyl (C=O) groups is 2. The van der Waals surface area contributed by atoms with Crippen molar-refractivity contribution in [2.24, 2.45) is 0 Å². The first-order chi connectivity index (χ1) is 11.6. The van der Waals surface area contributed by atoms with Crippen LogP contribution in [0.4, 0.5) is 4.79 Å². The van der Waals surface area contributed by atoms with Crippen LogP contribution in [-0.4, -0.2) is 28.4 Å². The molecule has 0 spiro atoms. The van der Waals surface area contributed by atoms with Crippen LogP contribution in [0.5, 0.6) is 5.75 Å². The van der Waals surface area contributed by atoms with Crippen molar-refractivity contribution < 1.29 is 19.4 Å². The van der Waals surface area contributed by atoms with E-state index in [2.05, 4.69) is 21.2 Å². The first-order valence-electron chi connectivity index (χ1n) is 7.42. The van der Waals surface area contributed by atoms with E-state index in [0.29, 0.717) is 13.0 Å². The minimum absolute atomic E-state index is 0.107. The lowest BCUT2D eigenvalue weighted by molar-refractivity contribution is -0.118. The van der Waals surface area contributed by atoms with Crippen molar-refractivity contribution in [2.45, 2.75) is 19.1 Å². The van der Waals surface area contributed by atoms with E-state index in [1.54, 1.807) is 0 Å². The Morgan fingerprint density at radius 1 is 1.04 bits per heavy atom. The third-order valence-electron chi connectivity index (χ3n) is 3.43. The third kappa shape index (κ3) is 5.70. The number of hydrogen-bond acceptors (Lipinski definition) is 3. The van der Waals surface area contributed by atoms with E-state index in [9.17, 15) is 9.59 Å². The molecule has 0 radical (unpaired) electrons. The highest BCUT2D eigenvalue weighted by Gasteiger charge is 2.19. The van der Waals surface area contributed by atoms with Crippen LogP contribution in [0.15, 0.2) is 54.6 Å². The van der Waals surface area contributed by atoms with Crippen molar-refractivity contribution in [3.05, 3.63) is 65.7 Å². The molecule has 0 bridgehead atoms. The number of hydrogen-bond donors (Lipinski definition) is 2. The molecule has 6 heteroatoms. The minimum Gasteiger partial charge on any atom is -0.489 e. The Labute approximate surface area is 148 Å². The maximum atomic E-state index is 11.8. The SMILES string of the molecule is O=C(O)NC(Cc1ccc(OCc2ccccc2)cc1)C(=O)CBr. The topological polar surface area (TPSA) is 75.6 Å². The van der Waals surface area contributed by atoms with Crippen LogP contribution in [-0.2, 0) is 17.8 Å². The number of amides is 1. The monoisotopic (exact) mass is 391 g/mol. The van der Waals surface area contributed by atoms with Crippen LogP contribution in [0, 0.1) is 0 Å². The van der Waals surface area contributed by atoms with Gasteiger partial charge < -0.3 is 15.2 Å². The van der Waals surface area contributed by atoms with Gasteiger partial charge in [0, 0.05) is 0 Å². The van der Waals surface area contributed by atoms with Gasteiger partial charge in [-0.25, -0.2) is 4.79 Å². The zero-order chi connectivity index (χ0) is 17.4. The Morgan fingerprint density at radius 2 is 1.71 bits per heavy atom. The molecule has 0 aliphatic heterocycles. The van der Waals surface area contributed by atoms with E-state index < -0.39 is 12.1 Å². The van der Waals surface area contributed by atoms with Gasteiger partial charge in [-0.2, -0.15) is 0 Å². The minimum atomic E-state index is -1.21. The summed E-state index contributed by atoms with van der Waals surface area (Å²) in [6.07, 6.45) is -0.910. The Morgan fingerprint density at radius 3 is 2.29 bits per heavy atom. The highest BCUT2D eigenvalue weighted by Crippen LogP contribution is 2.15. The Balaban J connectivity index is 1.95. The summed E-state index contributed by atoms with van der Waals surface area (Å²) in [6, 6.07) is 16.4. The number of carbonyl (C=O) groups excluding carboxylic acids is 1. The molecule has 2 aromatic rings. The normalized spacial score (nSPS) is 11.5. The molecule has 0 fully saturated rings. The van der Waals surface area contributed by atoms with Gasteiger partial charge in [-0.1, -0.05) is 58.4 Å². The lowest BCUT2D eigenvalue weighted by atomic mass is 10.0. The van der Waals surface area contributed by atoms with E-state index in [4.69, 9.17) is 9.84 Å². The molecule has 0 aliphatic rings. The van der Waals surface area contributed by atoms with Crippen LogP contribution >= 0.6 is 15.9 Å². The molecule has 24 heavy (non-hydrogen) atoms. The fraction of sp³-hybridized carbons (Fsp3) is 0.222. The number of nitrogens with one attached hydrogen (secondary N) is 1. The van der Waals surface area contributed by atoms with Gasteiger partial charge in [0.05, 0.1) is 11.4 Å². The molecule has 0 aliphatic carbocycles. The fourth-order valence-corrected chi connectivity index (χ4v) is 2.58. The van der Waals surface area contributed by atoms with Gasteiger partial charge in [0.25, 0.3) is 0 Å².